The first-order chi connectivity index (χ1) is 13.2. The van der Waals surface area contributed by atoms with Crippen LogP contribution in [0.1, 0.15) is 32.8 Å². The summed E-state index contributed by atoms with van der Waals surface area (Å²) in [5.41, 5.74) is 1.15. The standard InChI is InChI=1S/C21H36N4O2.HI/c1-4-22-21(23-9-6-10-25-11-13-26-14-12-25)24-16-19-7-5-8-20(15-19)27-17-18(2)3;/h5,7-8,15,18H,4,6,9-14,16-17H2,1-3H3,(H2,22,23,24);1H. The molecule has 1 fully saturated rings. The third kappa shape index (κ3) is 10.5. The van der Waals surface area contributed by atoms with E-state index in [9.17, 15) is 0 Å². The lowest BCUT2D eigenvalue weighted by Crippen LogP contribution is -2.40. The summed E-state index contributed by atoms with van der Waals surface area (Å²) >= 11 is 0. The van der Waals surface area contributed by atoms with E-state index >= 15 is 0 Å². The zero-order chi connectivity index (χ0) is 19.3. The highest BCUT2D eigenvalue weighted by Crippen LogP contribution is 2.15. The Balaban J connectivity index is 0.00000392. The Labute approximate surface area is 187 Å². The Hall–Kier alpha value is -1.06. The molecule has 0 amide bonds. The molecule has 0 saturated carbocycles. The fraction of sp³-hybridized carbons (Fsp3) is 0.667. The summed E-state index contributed by atoms with van der Waals surface area (Å²) in [4.78, 5) is 7.17. The Bertz CT molecular complexity index is 563. The monoisotopic (exact) mass is 504 g/mol. The van der Waals surface area contributed by atoms with Crippen LogP contribution >= 0.6 is 24.0 Å². The second-order valence-corrected chi connectivity index (χ2v) is 7.28. The fourth-order valence-corrected chi connectivity index (χ4v) is 2.84. The van der Waals surface area contributed by atoms with Crippen molar-refractivity contribution in [1.82, 2.24) is 15.5 Å². The number of hydrogen-bond donors (Lipinski definition) is 2. The summed E-state index contributed by atoms with van der Waals surface area (Å²) < 4.78 is 11.2. The minimum absolute atomic E-state index is 0. The maximum absolute atomic E-state index is 5.81. The number of nitrogens with zero attached hydrogens (tertiary/aromatic N) is 2. The molecule has 1 heterocycles. The van der Waals surface area contributed by atoms with Crippen molar-refractivity contribution in [1.29, 1.82) is 0 Å². The molecule has 0 aromatic heterocycles. The number of hydrogen-bond acceptors (Lipinski definition) is 4. The summed E-state index contributed by atoms with van der Waals surface area (Å²) in [7, 11) is 0. The molecule has 1 aromatic rings. The Morgan fingerprint density at radius 2 is 2.04 bits per heavy atom. The normalized spacial score (nSPS) is 15.2. The molecular formula is C21H37IN4O2. The van der Waals surface area contributed by atoms with Crippen molar-refractivity contribution in [3.05, 3.63) is 29.8 Å². The molecule has 160 valence electrons. The first-order valence-electron chi connectivity index (χ1n) is 10.2. The van der Waals surface area contributed by atoms with Crippen LogP contribution in [-0.2, 0) is 11.3 Å². The van der Waals surface area contributed by atoms with Gasteiger partial charge in [-0.1, -0.05) is 26.0 Å². The molecule has 1 aromatic carbocycles. The summed E-state index contributed by atoms with van der Waals surface area (Å²) in [6, 6.07) is 8.20. The maximum atomic E-state index is 5.81. The first-order valence-corrected chi connectivity index (χ1v) is 10.2. The van der Waals surface area contributed by atoms with Crippen molar-refractivity contribution in [3.8, 4) is 5.75 Å². The van der Waals surface area contributed by atoms with Gasteiger partial charge in [0.15, 0.2) is 5.96 Å². The van der Waals surface area contributed by atoms with E-state index in [2.05, 4.69) is 48.4 Å². The second-order valence-electron chi connectivity index (χ2n) is 7.28. The summed E-state index contributed by atoms with van der Waals surface area (Å²) in [6.07, 6.45) is 1.10. The molecule has 1 aliphatic rings. The van der Waals surface area contributed by atoms with Crippen LogP contribution in [0.2, 0.25) is 0 Å². The van der Waals surface area contributed by atoms with E-state index in [1.807, 2.05) is 12.1 Å². The van der Waals surface area contributed by atoms with Crippen LogP contribution in [0.15, 0.2) is 29.3 Å². The predicted molar refractivity (Wildman–Crippen MR) is 127 cm³/mol. The maximum Gasteiger partial charge on any atom is 0.191 e. The summed E-state index contributed by atoms with van der Waals surface area (Å²) in [6.45, 7) is 14.5. The van der Waals surface area contributed by atoms with Gasteiger partial charge >= 0.3 is 0 Å². The molecule has 0 unspecified atom stereocenters. The van der Waals surface area contributed by atoms with Gasteiger partial charge in [-0.15, -0.1) is 24.0 Å². The smallest absolute Gasteiger partial charge is 0.191 e. The quantitative estimate of drug-likeness (QED) is 0.222. The Morgan fingerprint density at radius 1 is 1.25 bits per heavy atom. The molecule has 7 heteroatoms. The number of halogens is 1. The lowest BCUT2D eigenvalue weighted by atomic mass is 10.2. The minimum atomic E-state index is 0. The van der Waals surface area contributed by atoms with Gasteiger partial charge in [-0.05, 0) is 43.5 Å². The first kappa shape index (κ1) is 25.0. The van der Waals surface area contributed by atoms with E-state index in [1.165, 1.54) is 0 Å². The van der Waals surface area contributed by atoms with Crippen LogP contribution < -0.4 is 15.4 Å². The van der Waals surface area contributed by atoms with Crippen LogP contribution in [0.3, 0.4) is 0 Å². The lowest BCUT2D eigenvalue weighted by molar-refractivity contribution is 0.0376. The van der Waals surface area contributed by atoms with Crippen LogP contribution in [0.5, 0.6) is 5.75 Å². The number of nitrogens with one attached hydrogen (secondary N) is 2. The van der Waals surface area contributed by atoms with Gasteiger partial charge in [-0.3, -0.25) is 4.90 Å². The van der Waals surface area contributed by atoms with E-state index in [1.54, 1.807) is 0 Å². The molecule has 1 saturated heterocycles. The third-order valence-electron chi connectivity index (χ3n) is 4.29. The molecular weight excluding hydrogens is 467 g/mol. The van der Waals surface area contributed by atoms with Gasteiger partial charge in [0.1, 0.15) is 5.75 Å². The number of guanidine groups is 1. The van der Waals surface area contributed by atoms with Crippen molar-refractivity contribution >= 4 is 29.9 Å². The molecule has 0 spiro atoms. The lowest BCUT2D eigenvalue weighted by Gasteiger charge is -2.26. The Kier molecular flexibility index (Phi) is 13.3. The number of ether oxygens (including phenoxy) is 2. The minimum Gasteiger partial charge on any atom is -0.493 e. The van der Waals surface area contributed by atoms with Gasteiger partial charge < -0.3 is 20.1 Å². The number of benzene rings is 1. The van der Waals surface area contributed by atoms with Gasteiger partial charge in [0.05, 0.1) is 26.4 Å². The van der Waals surface area contributed by atoms with E-state index in [4.69, 9.17) is 14.5 Å². The van der Waals surface area contributed by atoms with Gasteiger partial charge in [-0.25, -0.2) is 4.99 Å². The highest BCUT2D eigenvalue weighted by Gasteiger charge is 2.09. The molecule has 0 radical (unpaired) electrons. The fourth-order valence-electron chi connectivity index (χ4n) is 2.84. The predicted octanol–water partition coefficient (Wildman–Crippen LogP) is 3.12. The molecule has 0 bridgehead atoms. The average Bonchev–Trinajstić information content (AvgIpc) is 2.69. The van der Waals surface area contributed by atoms with Crippen molar-refractivity contribution in [2.24, 2.45) is 10.9 Å². The third-order valence-corrected chi connectivity index (χ3v) is 4.29. The number of aliphatic imine (C=N–C) groups is 1. The highest BCUT2D eigenvalue weighted by molar-refractivity contribution is 14.0. The molecule has 0 aliphatic carbocycles. The van der Waals surface area contributed by atoms with Crippen LogP contribution in [-0.4, -0.2) is 63.4 Å². The zero-order valence-corrected chi connectivity index (χ0v) is 19.9. The van der Waals surface area contributed by atoms with Crippen molar-refractivity contribution in [2.45, 2.75) is 33.7 Å². The van der Waals surface area contributed by atoms with Gasteiger partial charge in [0.25, 0.3) is 0 Å². The van der Waals surface area contributed by atoms with Crippen LogP contribution in [0.25, 0.3) is 0 Å². The van der Waals surface area contributed by atoms with E-state index in [0.717, 1.165) is 76.2 Å². The second kappa shape index (κ2) is 14.9. The van der Waals surface area contributed by atoms with E-state index in [-0.39, 0.29) is 24.0 Å². The van der Waals surface area contributed by atoms with Crippen molar-refractivity contribution < 1.29 is 9.47 Å². The summed E-state index contributed by atoms with van der Waals surface area (Å²) in [5, 5.41) is 6.75. The largest absolute Gasteiger partial charge is 0.493 e. The van der Waals surface area contributed by atoms with Crippen molar-refractivity contribution in [2.75, 3.05) is 52.5 Å². The van der Waals surface area contributed by atoms with Gasteiger partial charge in [-0.2, -0.15) is 0 Å². The van der Waals surface area contributed by atoms with Gasteiger partial charge in [0.2, 0.25) is 0 Å². The van der Waals surface area contributed by atoms with Crippen LogP contribution in [0.4, 0.5) is 0 Å². The molecule has 0 atom stereocenters. The highest BCUT2D eigenvalue weighted by atomic mass is 127. The van der Waals surface area contributed by atoms with E-state index < -0.39 is 0 Å². The number of rotatable bonds is 10. The topological polar surface area (TPSA) is 58.1 Å². The SMILES string of the molecule is CCNC(=NCc1cccc(OCC(C)C)c1)NCCCN1CCOCC1.I. The Morgan fingerprint density at radius 3 is 2.75 bits per heavy atom. The van der Waals surface area contributed by atoms with E-state index in [0.29, 0.717) is 12.5 Å². The van der Waals surface area contributed by atoms with Crippen molar-refractivity contribution in [3.63, 3.8) is 0 Å². The molecule has 2 N–H and O–H groups in total. The average molecular weight is 504 g/mol. The van der Waals surface area contributed by atoms with Gasteiger partial charge in [0, 0.05) is 26.2 Å². The summed E-state index contributed by atoms with van der Waals surface area (Å²) in [5.74, 6) is 2.31. The molecule has 1 aliphatic heterocycles. The molecule has 6 nitrogen and oxygen atoms in total. The number of morpholine rings is 1. The molecule has 28 heavy (non-hydrogen) atoms. The van der Waals surface area contributed by atoms with Crippen LogP contribution in [0, 0.1) is 5.92 Å². The zero-order valence-electron chi connectivity index (χ0n) is 17.6. The molecule has 2 rings (SSSR count).